The van der Waals surface area contributed by atoms with E-state index in [2.05, 4.69) is 0 Å². The molecule has 1 aliphatic heterocycles. The summed E-state index contributed by atoms with van der Waals surface area (Å²) in [4.78, 5) is 23.8. The van der Waals surface area contributed by atoms with Crippen molar-refractivity contribution < 1.29 is 19.8 Å². The predicted molar refractivity (Wildman–Crippen MR) is 51.5 cm³/mol. The van der Waals surface area contributed by atoms with Crippen LogP contribution in [-0.4, -0.2) is 46.2 Å². The quantitative estimate of drug-likeness (QED) is 0.703. The van der Waals surface area contributed by atoms with Crippen LogP contribution in [0.5, 0.6) is 0 Å². The molecule has 2 aliphatic rings. The monoisotopic (exact) mass is 213 g/mol. The standard InChI is InChI=1S/C10H15NO4/c12-9(13)7-4-11(6-2-1-3-6)5-8(7)10(14)15/h6-8H,1-5H2,(H,12,13)(H,14,15)/t7-,8-/m1/s1. The lowest BCUT2D eigenvalue weighted by molar-refractivity contribution is -0.151. The molecule has 2 atom stereocenters. The molecule has 15 heavy (non-hydrogen) atoms. The normalized spacial score (nSPS) is 32.5. The molecule has 1 saturated carbocycles. The van der Waals surface area contributed by atoms with Crippen molar-refractivity contribution in [2.45, 2.75) is 25.3 Å². The number of hydrogen-bond acceptors (Lipinski definition) is 3. The highest BCUT2D eigenvalue weighted by molar-refractivity contribution is 5.81. The number of carboxylic acid groups (broad SMARTS) is 2. The molecule has 1 saturated heterocycles. The van der Waals surface area contributed by atoms with Crippen LogP contribution in [0.1, 0.15) is 19.3 Å². The maximum absolute atomic E-state index is 10.9. The van der Waals surface area contributed by atoms with Crippen LogP contribution in [0.4, 0.5) is 0 Å². The van der Waals surface area contributed by atoms with Gasteiger partial charge in [0.2, 0.25) is 0 Å². The van der Waals surface area contributed by atoms with E-state index in [-0.39, 0.29) is 0 Å². The second-order valence-electron chi connectivity index (χ2n) is 4.43. The molecule has 0 unspecified atom stereocenters. The molecule has 0 radical (unpaired) electrons. The first-order valence-corrected chi connectivity index (χ1v) is 5.29. The fourth-order valence-electron chi connectivity index (χ4n) is 2.38. The molecule has 5 nitrogen and oxygen atoms in total. The van der Waals surface area contributed by atoms with E-state index >= 15 is 0 Å². The Hall–Kier alpha value is -1.10. The molecule has 0 aromatic heterocycles. The van der Waals surface area contributed by atoms with Crippen molar-refractivity contribution in [2.75, 3.05) is 13.1 Å². The van der Waals surface area contributed by atoms with Gasteiger partial charge in [-0.2, -0.15) is 0 Å². The average molecular weight is 213 g/mol. The molecular weight excluding hydrogens is 198 g/mol. The summed E-state index contributed by atoms with van der Waals surface area (Å²) in [7, 11) is 0. The Labute approximate surface area is 87.7 Å². The van der Waals surface area contributed by atoms with Gasteiger partial charge in [0.1, 0.15) is 0 Å². The number of nitrogens with zero attached hydrogens (tertiary/aromatic N) is 1. The Morgan fingerprint density at radius 1 is 1.00 bits per heavy atom. The molecule has 0 spiro atoms. The van der Waals surface area contributed by atoms with Gasteiger partial charge in [0.15, 0.2) is 0 Å². The van der Waals surface area contributed by atoms with Gasteiger partial charge in [-0.15, -0.1) is 0 Å². The van der Waals surface area contributed by atoms with E-state index in [4.69, 9.17) is 10.2 Å². The predicted octanol–water partition coefficient (Wildman–Crippen LogP) is 0.256. The van der Waals surface area contributed by atoms with Gasteiger partial charge in [0, 0.05) is 19.1 Å². The molecule has 1 heterocycles. The average Bonchev–Trinajstić information content (AvgIpc) is 2.45. The Morgan fingerprint density at radius 3 is 1.73 bits per heavy atom. The first-order valence-electron chi connectivity index (χ1n) is 5.29. The topological polar surface area (TPSA) is 77.8 Å². The van der Waals surface area contributed by atoms with E-state index in [1.165, 1.54) is 6.42 Å². The SMILES string of the molecule is O=C(O)[C@@H]1CN(C2CCC2)C[C@H]1C(=O)O. The molecule has 0 amide bonds. The van der Waals surface area contributed by atoms with Crippen molar-refractivity contribution in [3.8, 4) is 0 Å². The molecule has 1 aliphatic carbocycles. The highest BCUT2D eigenvalue weighted by Gasteiger charge is 2.44. The number of aliphatic carboxylic acids is 2. The van der Waals surface area contributed by atoms with Crippen LogP contribution in [0, 0.1) is 11.8 Å². The van der Waals surface area contributed by atoms with Gasteiger partial charge in [-0.1, -0.05) is 6.42 Å². The zero-order chi connectivity index (χ0) is 11.0. The van der Waals surface area contributed by atoms with E-state index in [0.717, 1.165) is 12.8 Å². The minimum absolute atomic E-state index is 0.400. The lowest BCUT2D eigenvalue weighted by Crippen LogP contribution is -2.39. The fraction of sp³-hybridized carbons (Fsp3) is 0.800. The molecular formula is C10H15NO4. The number of rotatable bonds is 3. The van der Waals surface area contributed by atoms with E-state index in [1.54, 1.807) is 0 Å². The molecule has 5 heteroatoms. The zero-order valence-corrected chi connectivity index (χ0v) is 8.43. The Kier molecular flexibility index (Phi) is 2.65. The van der Waals surface area contributed by atoms with Crippen LogP contribution in [0.25, 0.3) is 0 Å². The van der Waals surface area contributed by atoms with Gasteiger partial charge >= 0.3 is 11.9 Å². The van der Waals surface area contributed by atoms with Gasteiger partial charge in [0.05, 0.1) is 11.8 Å². The van der Waals surface area contributed by atoms with Crippen LogP contribution in [-0.2, 0) is 9.59 Å². The Morgan fingerprint density at radius 2 is 1.47 bits per heavy atom. The highest BCUT2D eigenvalue weighted by atomic mass is 16.4. The van der Waals surface area contributed by atoms with Crippen LogP contribution in [0.2, 0.25) is 0 Å². The lowest BCUT2D eigenvalue weighted by Gasteiger charge is -2.34. The fourth-order valence-corrected chi connectivity index (χ4v) is 2.38. The van der Waals surface area contributed by atoms with Crippen LogP contribution < -0.4 is 0 Å². The van der Waals surface area contributed by atoms with Crippen LogP contribution >= 0.6 is 0 Å². The minimum Gasteiger partial charge on any atom is -0.481 e. The third-order valence-corrected chi connectivity index (χ3v) is 3.57. The first kappa shape index (κ1) is 10.4. The molecule has 84 valence electrons. The Bertz CT molecular complexity index is 265. The number of carbonyl (C=O) groups is 2. The van der Waals surface area contributed by atoms with Crippen molar-refractivity contribution >= 4 is 11.9 Å². The van der Waals surface area contributed by atoms with Crippen LogP contribution in [0.15, 0.2) is 0 Å². The first-order chi connectivity index (χ1) is 7.09. The van der Waals surface area contributed by atoms with E-state index in [1.807, 2.05) is 4.90 Å². The summed E-state index contributed by atoms with van der Waals surface area (Å²) < 4.78 is 0. The summed E-state index contributed by atoms with van der Waals surface area (Å²) in [6.07, 6.45) is 3.34. The van der Waals surface area contributed by atoms with Gasteiger partial charge < -0.3 is 10.2 Å². The van der Waals surface area contributed by atoms with Crippen molar-refractivity contribution in [1.82, 2.24) is 4.90 Å². The van der Waals surface area contributed by atoms with E-state index in [9.17, 15) is 9.59 Å². The maximum atomic E-state index is 10.9. The molecule has 0 aromatic carbocycles. The second-order valence-corrected chi connectivity index (χ2v) is 4.43. The molecule has 2 rings (SSSR count). The number of likely N-dealkylation sites (tertiary alicyclic amines) is 1. The summed E-state index contributed by atoms with van der Waals surface area (Å²) >= 11 is 0. The third-order valence-electron chi connectivity index (χ3n) is 3.57. The summed E-state index contributed by atoms with van der Waals surface area (Å²) in [5.74, 6) is -3.43. The Balaban J connectivity index is 2.04. The van der Waals surface area contributed by atoms with Crippen molar-refractivity contribution in [3.05, 3.63) is 0 Å². The van der Waals surface area contributed by atoms with E-state index in [0.29, 0.717) is 19.1 Å². The van der Waals surface area contributed by atoms with Gasteiger partial charge in [-0.25, -0.2) is 0 Å². The highest BCUT2D eigenvalue weighted by Crippen LogP contribution is 2.32. The van der Waals surface area contributed by atoms with Gasteiger partial charge in [-0.05, 0) is 12.8 Å². The van der Waals surface area contributed by atoms with Gasteiger partial charge in [-0.3, -0.25) is 14.5 Å². The molecule has 2 N–H and O–H groups in total. The largest absolute Gasteiger partial charge is 0.481 e. The maximum Gasteiger partial charge on any atom is 0.308 e. The smallest absolute Gasteiger partial charge is 0.308 e. The van der Waals surface area contributed by atoms with E-state index < -0.39 is 23.8 Å². The summed E-state index contributed by atoms with van der Waals surface area (Å²) in [5.41, 5.74) is 0. The van der Waals surface area contributed by atoms with Crippen molar-refractivity contribution in [1.29, 1.82) is 0 Å². The summed E-state index contributed by atoms with van der Waals surface area (Å²) in [5, 5.41) is 17.9. The van der Waals surface area contributed by atoms with Gasteiger partial charge in [0.25, 0.3) is 0 Å². The summed E-state index contributed by atoms with van der Waals surface area (Å²) in [6, 6.07) is 0.427. The third kappa shape index (κ3) is 1.84. The number of carboxylic acids is 2. The zero-order valence-electron chi connectivity index (χ0n) is 8.43. The van der Waals surface area contributed by atoms with Crippen molar-refractivity contribution in [3.63, 3.8) is 0 Å². The molecule has 0 aromatic rings. The second kappa shape index (κ2) is 3.81. The number of hydrogen-bond donors (Lipinski definition) is 2. The molecule has 0 bridgehead atoms. The molecule has 2 fully saturated rings. The van der Waals surface area contributed by atoms with Crippen LogP contribution in [0.3, 0.4) is 0 Å². The lowest BCUT2D eigenvalue weighted by atomic mass is 9.92. The van der Waals surface area contributed by atoms with Crippen molar-refractivity contribution in [2.24, 2.45) is 11.8 Å². The summed E-state index contributed by atoms with van der Waals surface area (Å²) in [6.45, 7) is 0.800. The minimum atomic E-state index is -0.982.